The molecule has 0 atom stereocenters. The minimum absolute atomic E-state index is 0.826. The fourth-order valence-electron chi connectivity index (χ4n) is 5.49. The van der Waals surface area contributed by atoms with E-state index >= 15 is 0 Å². The molecule has 0 aliphatic rings. The highest BCUT2D eigenvalue weighted by atomic mass is 15.0. The first-order valence-corrected chi connectivity index (χ1v) is 13.4. The van der Waals surface area contributed by atoms with E-state index in [4.69, 9.17) is 15.0 Å². The number of imidazole rings is 4. The van der Waals surface area contributed by atoms with E-state index in [-0.39, 0.29) is 0 Å². The van der Waals surface area contributed by atoms with Crippen molar-refractivity contribution in [3.8, 4) is 22.8 Å². The number of benzene rings is 4. The number of hydrogen-bond donors (Lipinski definition) is 4. The third-order valence-corrected chi connectivity index (χ3v) is 7.51. The second-order valence-electron chi connectivity index (χ2n) is 10.5. The van der Waals surface area contributed by atoms with Gasteiger partial charge in [-0.1, -0.05) is 48.0 Å². The molecule has 0 amide bonds. The number of nitrogens with one attached hydrogen (secondary N) is 4. The first-order valence-electron chi connectivity index (χ1n) is 13.4. The van der Waals surface area contributed by atoms with Gasteiger partial charge >= 0.3 is 0 Å². The number of aryl methyl sites for hydroxylation is 4. The molecule has 8 rings (SSSR count). The van der Waals surface area contributed by atoms with Crippen LogP contribution in [0.4, 0.5) is 0 Å². The number of hydrogen-bond acceptors (Lipinski definition) is 4. The molecule has 4 aromatic heterocycles. The maximum Gasteiger partial charge on any atom is 0.138 e. The summed E-state index contributed by atoms with van der Waals surface area (Å²) in [5.74, 6) is 3.62. The van der Waals surface area contributed by atoms with Gasteiger partial charge in [0.25, 0.3) is 0 Å². The Morgan fingerprint density at radius 2 is 1.15 bits per heavy atom. The van der Waals surface area contributed by atoms with Gasteiger partial charge in [0.15, 0.2) is 0 Å². The van der Waals surface area contributed by atoms with Crippen LogP contribution in [0.25, 0.3) is 66.9 Å². The summed E-state index contributed by atoms with van der Waals surface area (Å²) in [6, 6.07) is 25.2. The molecule has 40 heavy (non-hydrogen) atoms. The monoisotopic (exact) mass is 522 g/mol. The van der Waals surface area contributed by atoms with Gasteiger partial charge in [-0.25, -0.2) is 19.9 Å². The van der Waals surface area contributed by atoms with Crippen molar-refractivity contribution in [2.45, 2.75) is 26.7 Å². The summed E-state index contributed by atoms with van der Waals surface area (Å²) < 4.78 is 0. The van der Waals surface area contributed by atoms with Crippen LogP contribution >= 0.6 is 0 Å². The van der Waals surface area contributed by atoms with E-state index in [1.165, 1.54) is 11.1 Å². The van der Waals surface area contributed by atoms with Crippen molar-refractivity contribution in [1.82, 2.24) is 39.9 Å². The van der Waals surface area contributed by atoms with Crippen LogP contribution in [0, 0.1) is 13.8 Å². The number of aromatic nitrogens is 8. The Morgan fingerprint density at radius 1 is 0.525 bits per heavy atom. The maximum atomic E-state index is 4.86. The lowest BCUT2D eigenvalue weighted by Gasteiger charge is -2.02. The van der Waals surface area contributed by atoms with Gasteiger partial charge in [0, 0.05) is 17.5 Å². The molecule has 0 aliphatic carbocycles. The third-order valence-electron chi connectivity index (χ3n) is 7.51. The molecule has 4 aromatic carbocycles. The van der Waals surface area contributed by atoms with E-state index in [0.717, 1.165) is 91.4 Å². The molecule has 8 nitrogen and oxygen atoms in total. The summed E-state index contributed by atoms with van der Waals surface area (Å²) in [6.07, 6.45) is 1.72. The van der Waals surface area contributed by atoms with Crippen molar-refractivity contribution in [1.29, 1.82) is 0 Å². The Morgan fingerprint density at radius 3 is 1.88 bits per heavy atom. The van der Waals surface area contributed by atoms with Crippen LogP contribution in [-0.4, -0.2) is 39.9 Å². The van der Waals surface area contributed by atoms with Crippen molar-refractivity contribution in [3.63, 3.8) is 0 Å². The van der Waals surface area contributed by atoms with Gasteiger partial charge in [-0.15, -0.1) is 0 Å². The van der Waals surface area contributed by atoms with Crippen LogP contribution in [0.15, 0.2) is 72.8 Å². The average Bonchev–Trinajstić information content (AvgIpc) is 3.72. The molecule has 0 aliphatic heterocycles. The second-order valence-corrected chi connectivity index (χ2v) is 10.5. The lowest BCUT2D eigenvalue weighted by atomic mass is 10.1. The largest absolute Gasteiger partial charge is 0.342 e. The molecule has 4 N–H and O–H groups in total. The van der Waals surface area contributed by atoms with Gasteiger partial charge in [0.2, 0.25) is 0 Å². The minimum atomic E-state index is 0.826. The van der Waals surface area contributed by atoms with Crippen LogP contribution in [0.1, 0.15) is 22.8 Å². The maximum absolute atomic E-state index is 4.86. The molecule has 0 unspecified atom stereocenters. The summed E-state index contributed by atoms with van der Waals surface area (Å²) in [6.45, 7) is 4.05. The van der Waals surface area contributed by atoms with E-state index in [0.29, 0.717) is 0 Å². The quantitative estimate of drug-likeness (QED) is 0.196. The molecule has 0 bridgehead atoms. The fourth-order valence-corrected chi connectivity index (χ4v) is 5.49. The van der Waals surface area contributed by atoms with Crippen molar-refractivity contribution in [2.24, 2.45) is 0 Å². The third kappa shape index (κ3) is 3.92. The zero-order valence-electron chi connectivity index (χ0n) is 22.1. The molecule has 194 valence electrons. The number of rotatable bonds is 5. The molecule has 8 aromatic rings. The normalized spacial score (nSPS) is 11.9. The number of aromatic amines is 4. The smallest absolute Gasteiger partial charge is 0.138 e. The summed E-state index contributed by atoms with van der Waals surface area (Å²) in [7, 11) is 0. The van der Waals surface area contributed by atoms with E-state index < -0.39 is 0 Å². The highest BCUT2D eigenvalue weighted by Crippen LogP contribution is 2.26. The average molecular weight is 523 g/mol. The Bertz CT molecular complexity index is 2090. The van der Waals surface area contributed by atoms with Crippen molar-refractivity contribution >= 4 is 44.1 Å². The first-order chi connectivity index (χ1) is 19.5. The van der Waals surface area contributed by atoms with Crippen LogP contribution in [0.3, 0.4) is 0 Å². The van der Waals surface area contributed by atoms with Gasteiger partial charge in [-0.2, -0.15) is 0 Å². The first kappa shape index (κ1) is 22.7. The topological polar surface area (TPSA) is 115 Å². The van der Waals surface area contributed by atoms with Gasteiger partial charge in [0.1, 0.15) is 23.3 Å². The van der Waals surface area contributed by atoms with Gasteiger partial charge in [-0.3, -0.25) is 0 Å². The molecular weight excluding hydrogens is 496 g/mol. The van der Waals surface area contributed by atoms with E-state index in [1.54, 1.807) is 0 Å². The lowest BCUT2D eigenvalue weighted by molar-refractivity contribution is 0.890. The predicted octanol–water partition coefficient (Wildman–Crippen LogP) is 6.93. The van der Waals surface area contributed by atoms with Crippen molar-refractivity contribution in [2.75, 3.05) is 0 Å². The molecule has 0 fully saturated rings. The van der Waals surface area contributed by atoms with E-state index in [1.807, 2.05) is 13.0 Å². The van der Waals surface area contributed by atoms with Crippen LogP contribution in [0.2, 0.25) is 0 Å². The standard InChI is InChI=1S/C32H26N8/c1-17-4-3-5-21(12-17)32-39-28-15-24-25(16-29(28)40-32)36-30(35-24)11-8-19-6-9-20(10-7-19)31-37-26-13-22-23(14-27(26)38-31)34-18(2)33-22/h3-7,9-10,12-16H,8,11H2,1-2H3,(H,33,34)(H,35,36)(H,37,38)(H,39,40). The molecule has 0 spiro atoms. The summed E-state index contributed by atoms with van der Waals surface area (Å²) in [5, 5.41) is 0. The summed E-state index contributed by atoms with van der Waals surface area (Å²) in [5.41, 5.74) is 12.4. The van der Waals surface area contributed by atoms with E-state index in [2.05, 4.69) is 98.6 Å². The zero-order valence-corrected chi connectivity index (χ0v) is 22.1. The number of fused-ring (bicyclic) bond motifs is 4. The molecule has 0 saturated carbocycles. The number of H-pyrrole nitrogens is 4. The highest BCUT2D eigenvalue weighted by molar-refractivity contribution is 5.93. The zero-order chi connectivity index (χ0) is 26.8. The SMILES string of the molecule is Cc1cccc(-c2nc3cc4nc(CCc5ccc(-c6nc7cc8nc(C)[nH]c8cc7[nH]6)cc5)[nH]c4cc3[nH]2)c1. The minimum Gasteiger partial charge on any atom is -0.342 e. The van der Waals surface area contributed by atoms with Crippen LogP contribution < -0.4 is 0 Å². The summed E-state index contributed by atoms with van der Waals surface area (Å²) >= 11 is 0. The Labute approximate surface area is 229 Å². The van der Waals surface area contributed by atoms with Gasteiger partial charge in [0.05, 0.1) is 44.1 Å². The van der Waals surface area contributed by atoms with Crippen molar-refractivity contribution in [3.05, 3.63) is 95.6 Å². The molecule has 0 radical (unpaired) electrons. The molecule has 8 heteroatoms. The molecule has 4 heterocycles. The van der Waals surface area contributed by atoms with E-state index in [9.17, 15) is 0 Å². The Hall–Kier alpha value is -5.24. The Kier molecular flexibility index (Phi) is 4.91. The van der Waals surface area contributed by atoms with Gasteiger partial charge < -0.3 is 19.9 Å². The number of nitrogens with zero attached hydrogens (tertiary/aromatic N) is 4. The van der Waals surface area contributed by atoms with Crippen LogP contribution in [-0.2, 0) is 12.8 Å². The second kappa shape index (κ2) is 8.64. The predicted molar refractivity (Wildman–Crippen MR) is 159 cm³/mol. The van der Waals surface area contributed by atoms with Crippen LogP contribution in [0.5, 0.6) is 0 Å². The fraction of sp³-hybridized carbons (Fsp3) is 0.125. The van der Waals surface area contributed by atoms with Gasteiger partial charge in [-0.05, 0) is 56.2 Å². The highest BCUT2D eigenvalue weighted by Gasteiger charge is 2.12. The lowest BCUT2D eigenvalue weighted by Crippen LogP contribution is -1.93. The molecule has 0 saturated heterocycles. The summed E-state index contributed by atoms with van der Waals surface area (Å²) in [4.78, 5) is 32.7. The van der Waals surface area contributed by atoms with Crippen molar-refractivity contribution < 1.29 is 0 Å². The molecular formula is C32H26N8. The Balaban J connectivity index is 0.993.